The molecule has 5 nitrogen and oxygen atoms in total. The van der Waals surface area contributed by atoms with E-state index >= 15 is 0 Å². The maximum Gasteiger partial charge on any atom is 0.239 e. The van der Waals surface area contributed by atoms with E-state index in [0.29, 0.717) is 0 Å². The van der Waals surface area contributed by atoms with Gasteiger partial charge in [0.15, 0.2) is 5.82 Å². The van der Waals surface area contributed by atoms with E-state index in [1.807, 2.05) is 28.9 Å². The second kappa shape index (κ2) is 4.83. The molecule has 1 aromatic heterocycles. The SMILES string of the molecule is COC1CCC(c2ccc(Cl)cc2)n2nc(N)nc21. The monoisotopic (exact) mass is 278 g/mol. The molecule has 3 rings (SSSR count). The standard InChI is InChI=1S/C13H15ClN4O/c1-19-11-7-6-10(8-2-4-9(14)5-3-8)18-12(11)16-13(15)17-18/h2-5,10-11H,6-7H2,1H3,(H2,15,17). The summed E-state index contributed by atoms with van der Waals surface area (Å²) in [5, 5.41) is 5.03. The number of rotatable bonds is 2. The molecule has 0 amide bonds. The molecule has 2 aromatic rings. The Kier molecular flexibility index (Phi) is 3.16. The van der Waals surface area contributed by atoms with Crippen LogP contribution in [0.15, 0.2) is 24.3 Å². The molecule has 0 aliphatic carbocycles. The van der Waals surface area contributed by atoms with E-state index in [2.05, 4.69) is 10.1 Å². The van der Waals surface area contributed by atoms with E-state index in [4.69, 9.17) is 22.1 Å². The van der Waals surface area contributed by atoms with Gasteiger partial charge in [-0.1, -0.05) is 23.7 Å². The number of fused-ring (bicyclic) bond motifs is 1. The van der Waals surface area contributed by atoms with E-state index in [1.165, 1.54) is 0 Å². The summed E-state index contributed by atoms with van der Waals surface area (Å²) in [4.78, 5) is 4.28. The van der Waals surface area contributed by atoms with Crippen molar-refractivity contribution in [3.8, 4) is 0 Å². The van der Waals surface area contributed by atoms with Crippen LogP contribution in [0.5, 0.6) is 0 Å². The van der Waals surface area contributed by atoms with Crippen LogP contribution >= 0.6 is 11.6 Å². The average Bonchev–Trinajstić information content (AvgIpc) is 2.80. The van der Waals surface area contributed by atoms with E-state index in [0.717, 1.165) is 29.3 Å². The number of anilines is 1. The van der Waals surface area contributed by atoms with Gasteiger partial charge in [0.1, 0.15) is 6.10 Å². The molecule has 1 aliphatic heterocycles. The van der Waals surface area contributed by atoms with Crippen LogP contribution in [0, 0.1) is 0 Å². The Morgan fingerprint density at radius 1 is 1.32 bits per heavy atom. The number of hydrogen-bond donors (Lipinski definition) is 1. The smallest absolute Gasteiger partial charge is 0.239 e. The lowest BCUT2D eigenvalue weighted by Gasteiger charge is -2.28. The first kappa shape index (κ1) is 12.4. The van der Waals surface area contributed by atoms with Crippen LogP contribution in [0.1, 0.15) is 36.4 Å². The number of nitrogens with zero attached hydrogens (tertiary/aromatic N) is 3. The highest BCUT2D eigenvalue weighted by molar-refractivity contribution is 6.30. The number of hydrogen-bond acceptors (Lipinski definition) is 4. The quantitative estimate of drug-likeness (QED) is 0.917. The number of ether oxygens (including phenoxy) is 1. The fourth-order valence-electron chi connectivity index (χ4n) is 2.58. The summed E-state index contributed by atoms with van der Waals surface area (Å²) in [7, 11) is 1.68. The number of benzene rings is 1. The molecular formula is C13H15ClN4O. The third-order valence-electron chi connectivity index (χ3n) is 3.50. The maximum absolute atomic E-state index is 5.93. The molecule has 2 N–H and O–H groups in total. The molecule has 1 aromatic carbocycles. The zero-order chi connectivity index (χ0) is 13.4. The Morgan fingerprint density at radius 3 is 2.74 bits per heavy atom. The van der Waals surface area contributed by atoms with Gasteiger partial charge in [0.25, 0.3) is 0 Å². The lowest BCUT2D eigenvalue weighted by molar-refractivity contribution is 0.0649. The number of halogens is 1. The molecule has 0 saturated carbocycles. The zero-order valence-corrected chi connectivity index (χ0v) is 11.3. The first-order chi connectivity index (χ1) is 9.19. The molecule has 0 bridgehead atoms. The predicted octanol–water partition coefficient (Wildman–Crippen LogP) is 2.58. The third kappa shape index (κ3) is 2.19. The van der Waals surface area contributed by atoms with Gasteiger partial charge in [-0.3, -0.25) is 0 Å². The minimum atomic E-state index is -0.0339. The first-order valence-electron chi connectivity index (χ1n) is 6.19. The van der Waals surface area contributed by atoms with Gasteiger partial charge >= 0.3 is 0 Å². The van der Waals surface area contributed by atoms with Crippen molar-refractivity contribution < 1.29 is 4.74 Å². The van der Waals surface area contributed by atoms with Crippen LogP contribution < -0.4 is 5.73 Å². The summed E-state index contributed by atoms with van der Waals surface area (Å²) in [5.41, 5.74) is 6.88. The first-order valence-corrected chi connectivity index (χ1v) is 6.57. The maximum atomic E-state index is 5.93. The summed E-state index contributed by atoms with van der Waals surface area (Å²) in [6, 6.07) is 7.95. The topological polar surface area (TPSA) is 66.0 Å². The highest BCUT2D eigenvalue weighted by Gasteiger charge is 2.30. The number of aromatic nitrogens is 3. The molecule has 0 saturated heterocycles. The summed E-state index contributed by atoms with van der Waals surface area (Å²) >= 11 is 5.93. The van der Waals surface area contributed by atoms with Crippen molar-refractivity contribution in [1.29, 1.82) is 0 Å². The Labute approximate surface area is 116 Å². The number of nitrogen functional groups attached to an aromatic ring is 1. The molecular weight excluding hydrogens is 264 g/mol. The van der Waals surface area contributed by atoms with Gasteiger partial charge in [-0.25, -0.2) is 4.68 Å². The van der Waals surface area contributed by atoms with Crippen molar-refractivity contribution in [2.45, 2.75) is 25.0 Å². The Morgan fingerprint density at radius 2 is 2.05 bits per heavy atom. The van der Waals surface area contributed by atoms with Crippen molar-refractivity contribution in [3.05, 3.63) is 40.7 Å². The molecule has 0 fully saturated rings. The van der Waals surface area contributed by atoms with Gasteiger partial charge in [-0.15, -0.1) is 5.10 Å². The van der Waals surface area contributed by atoms with Crippen LogP contribution in [0.3, 0.4) is 0 Å². The lowest BCUT2D eigenvalue weighted by atomic mass is 9.96. The largest absolute Gasteiger partial charge is 0.373 e. The Balaban J connectivity index is 2.02. The van der Waals surface area contributed by atoms with Crippen LogP contribution in [0.2, 0.25) is 5.02 Å². The highest BCUT2D eigenvalue weighted by atomic mass is 35.5. The summed E-state index contributed by atoms with van der Waals surface area (Å²) in [6.07, 6.45) is 1.81. The Bertz CT molecular complexity index is 581. The normalized spacial score (nSPS) is 22.2. The van der Waals surface area contributed by atoms with Crippen LogP contribution in [0.4, 0.5) is 5.95 Å². The minimum absolute atomic E-state index is 0.0339. The predicted molar refractivity (Wildman–Crippen MR) is 73.0 cm³/mol. The molecule has 0 spiro atoms. The summed E-state index contributed by atoms with van der Waals surface area (Å²) < 4.78 is 7.31. The number of nitrogens with two attached hydrogens (primary N) is 1. The van der Waals surface area contributed by atoms with E-state index in [9.17, 15) is 0 Å². The van der Waals surface area contributed by atoms with Gasteiger partial charge in [0, 0.05) is 12.1 Å². The van der Waals surface area contributed by atoms with E-state index < -0.39 is 0 Å². The second-order valence-electron chi connectivity index (χ2n) is 4.64. The summed E-state index contributed by atoms with van der Waals surface area (Å²) in [6.45, 7) is 0. The summed E-state index contributed by atoms with van der Waals surface area (Å²) in [5.74, 6) is 1.09. The van der Waals surface area contributed by atoms with E-state index in [-0.39, 0.29) is 18.1 Å². The molecule has 2 unspecified atom stereocenters. The molecule has 19 heavy (non-hydrogen) atoms. The van der Waals surface area contributed by atoms with Gasteiger partial charge in [-0.05, 0) is 30.5 Å². The molecule has 1 aliphatic rings. The van der Waals surface area contributed by atoms with E-state index in [1.54, 1.807) is 7.11 Å². The van der Waals surface area contributed by atoms with Crippen LogP contribution in [-0.4, -0.2) is 21.9 Å². The van der Waals surface area contributed by atoms with Crippen LogP contribution in [0.25, 0.3) is 0 Å². The molecule has 0 radical (unpaired) electrons. The van der Waals surface area contributed by atoms with Crippen molar-refractivity contribution >= 4 is 17.5 Å². The molecule has 100 valence electrons. The van der Waals surface area contributed by atoms with Crippen molar-refractivity contribution in [1.82, 2.24) is 14.8 Å². The van der Waals surface area contributed by atoms with Gasteiger partial charge in [0.2, 0.25) is 5.95 Å². The molecule has 2 atom stereocenters. The average molecular weight is 279 g/mol. The van der Waals surface area contributed by atoms with Gasteiger partial charge in [-0.2, -0.15) is 4.98 Å². The van der Waals surface area contributed by atoms with Gasteiger partial charge < -0.3 is 10.5 Å². The van der Waals surface area contributed by atoms with Crippen molar-refractivity contribution in [3.63, 3.8) is 0 Å². The van der Waals surface area contributed by atoms with Gasteiger partial charge in [0.05, 0.1) is 6.04 Å². The van der Waals surface area contributed by atoms with Crippen molar-refractivity contribution in [2.75, 3.05) is 12.8 Å². The fraction of sp³-hybridized carbons (Fsp3) is 0.385. The zero-order valence-electron chi connectivity index (χ0n) is 10.6. The fourth-order valence-corrected chi connectivity index (χ4v) is 2.70. The lowest BCUT2D eigenvalue weighted by Crippen LogP contribution is -2.24. The molecule has 6 heteroatoms. The second-order valence-corrected chi connectivity index (χ2v) is 5.08. The molecule has 2 heterocycles. The Hall–Kier alpha value is -1.59. The minimum Gasteiger partial charge on any atom is -0.373 e. The highest BCUT2D eigenvalue weighted by Crippen LogP contribution is 2.36. The third-order valence-corrected chi connectivity index (χ3v) is 3.75. The van der Waals surface area contributed by atoms with Crippen LogP contribution in [-0.2, 0) is 4.74 Å². The number of methoxy groups -OCH3 is 1. The van der Waals surface area contributed by atoms with Crippen molar-refractivity contribution in [2.24, 2.45) is 0 Å².